The zero-order valence-electron chi connectivity index (χ0n) is 17.1. The lowest BCUT2D eigenvalue weighted by Gasteiger charge is -2.48. The molecule has 3 aromatic carbocycles. The molecule has 2 bridgehead atoms. The average molecular weight is 426 g/mol. The van der Waals surface area contributed by atoms with Crippen molar-refractivity contribution in [1.82, 2.24) is 0 Å². The van der Waals surface area contributed by atoms with Crippen LogP contribution < -0.4 is 9.64 Å². The van der Waals surface area contributed by atoms with Crippen molar-refractivity contribution in [3.63, 3.8) is 0 Å². The predicted molar refractivity (Wildman–Crippen MR) is 115 cm³/mol. The summed E-state index contributed by atoms with van der Waals surface area (Å²) in [5, 5.41) is 12.9. The number of carbonyl (C=O) groups is 2. The molecule has 7 rings (SSSR count). The van der Waals surface area contributed by atoms with E-state index in [-0.39, 0.29) is 4.92 Å². The highest BCUT2D eigenvalue weighted by atomic mass is 16.6. The number of hydrogen-bond acceptors (Lipinski definition) is 5. The molecule has 0 N–H and O–H groups in total. The number of nitrogens with zero attached hydrogens (tertiary/aromatic N) is 2. The maximum atomic E-state index is 13.9. The number of para-hydroxylation sites is 2. The van der Waals surface area contributed by atoms with E-state index in [2.05, 4.69) is 0 Å². The summed E-state index contributed by atoms with van der Waals surface area (Å²) in [5.41, 5.74) is 0.969. The number of anilines is 1. The van der Waals surface area contributed by atoms with E-state index < -0.39 is 35.1 Å². The molecular formula is C25H18N2O5. The Balaban J connectivity index is 1.67. The standard InChI is InChI=1S/C25H18N2O5/c1-32-19-13-7-6-12-18(19)26-23(28)21-20-14-8-2-4-10-16(14)25(27(30)31,22(21)24(26)29)17-11-5-3-9-15(17)20/h2-13,20-22H,1H3. The zero-order chi connectivity index (χ0) is 22.2. The van der Waals surface area contributed by atoms with Gasteiger partial charge < -0.3 is 4.74 Å². The van der Waals surface area contributed by atoms with Crippen molar-refractivity contribution >= 4 is 17.5 Å². The topological polar surface area (TPSA) is 89.8 Å². The van der Waals surface area contributed by atoms with Crippen LogP contribution in [0.3, 0.4) is 0 Å². The van der Waals surface area contributed by atoms with E-state index in [0.717, 1.165) is 16.0 Å². The van der Waals surface area contributed by atoms with Gasteiger partial charge in [-0.05, 0) is 23.3 Å². The summed E-state index contributed by atoms with van der Waals surface area (Å²) in [7, 11) is 1.46. The lowest BCUT2D eigenvalue weighted by atomic mass is 9.51. The number of benzene rings is 3. The van der Waals surface area contributed by atoms with Crippen molar-refractivity contribution in [3.8, 4) is 5.75 Å². The van der Waals surface area contributed by atoms with Crippen LogP contribution >= 0.6 is 0 Å². The Hall–Kier alpha value is -4.00. The van der Waals surface area contributed by atoms with Crippen LogP contribution in [-0.2, 0) is 15.1 Å². The molecule has 2 atom stereocenters. The Morgan fingerprint density at radius 1 is 0.875 bits per heavy atom. The minimum absolute atomic E-state index is 0.311. The van der Waals surface area contributed by atoms with Gasteiger partial charge in [-0.25, -0.2) is 4.90 Å². The van der Waals surface area contributed by atoms with Crippen LogP contribution in [0.15, 0.2) is 72.8 Å². The number of imide groups is 1. The summed E-state index contributed by atoms with van der Waals surface area (Å²) in [6.07, 6.45) is 0. The van der Waals surface area contributed by atoms with Crippen LogP contribution in [0.5, 0.6) is 5.75 Å². The molecule has 7 heteroatoms. The van der Waals surface area contributed by atoms with Gasteiger partial charge in [0.05, 0.1) is 18.7 Å². The van der Waals surface area contributed by atoms with E-state index in [1.807, 2.05) is 24.3 Å². The highest BCUT2D eigenvalue weighted by molar-refractivity contribution is 6.24. The number of ether oxygens (including phenoxy) is 1. The molecule has 158 valence electrons. The van der Waals surface area contributed by atoms with Gasteiger partial charge >= 0.3 is 0 Å². The van der Waals surface area contributed by atoms with E-state index in [9.17, 15) is 19.7 Å². The second kappa shape index (κ2) is 6.26. The number of amides is 2. The Kier molecular flexibility index (Phi) is 3.67. The van der Waals surface area contributed by atoms with Gasteiger partial charge in [-0.15, -0.1) is 0 Å². The smallest absolute Gasteiger partial charge is 0.285 e. The normalized spacial score (nSPS) is 27.0. The van der Waals surface area contributed by atoms with Crippen LogP contribution in [-0.4, -0.2) is 23.8 Å². The molecule has 7 nitrogen and oxygen atoms in total. The van der Waals surface area contributed by atoms with Crippen LogP contribution in [0.4, 0.5) is 5.69 Å². The lowest BCUT2D eigenvalue weighted by Crippen LogP contribution is -2.57. The molecule has 0 saturated carbocycles. The van der Waals surface area contributed by atoms with E-state index in [1.54, 1.807) is 48.5 Å². The van der Waals surface area contributed by atoms with Gasteiger partial charge in [0.2, 0.25) is 11.8 Å². The summed E-state index contributed by atoms with van der Waals surface area (Å²) in [6.45, 7) is 0. The summed E-state index contributed by atoms with van der Waals surface area (Å²) in [4.78, 5) is 41.3. The van der Waals surface area contributed by atoms with Crippen molar-refractivity contribution in [1.29, 1.82) is 0 Å². The summed E-state index contributed by atoms with van der Waals surface area (Å²) < 4.78 is 5.39. The molecule has 32 heavy (non-hydrogen) atoms. The second-order valence-electron chi connectivity index (χ2n) is 8.36. The van der Waals surface area contributed by atoms with Gasteiger partial charge in [0.1, 0.15) is 11.7 Å². The molecule has 2 unspecified atom stereocenters. The van der Waals surface area contributed by atoms with Gasteiger partial charge in [-0.3, -0.25) is 19.7 Å². The van der Waals surface area contributed by atoms with Gasteiger partial charge in [0.25, 0.3) is 5.54 Å². The first kappa shape index (κ1) is 18.7. The molecule has 2 amide bonds. The zero-order valence-corrected chi connectivity index (χ0v) is 17.1. The van der Waals surface area contributed by atoms with Gasteiger partial charge in [0.15, 0.2) is 0 Å². The van der Waals surface area contributed by atoms with Gasteiger partial charge in [0, 0.05) is 22.0 Å². The van der Waals surface area contributed by atoms with Crippen LogP contribution in [0.1, 0.15) is 28.2 Å². The fourth-order valence-corrected chi connectivity index (χ4v) is 6.09. The summed E-state index contributed by atoms with van der Waals surface area (Å²) >= 11 is 0. The van der Waals surface area contributed by atoms with Crippen LogP contribution in [0, 0.1) is 22.0 Å². The minimum atomic E-state index is -1.82. The maximum Gasteiger partial charge on any atom is 0.285 e. The third kappa shape index (κ3) is 1.96. The first-order chi connectivity index (χ1) is 15.5. The Morgan fingerprint density at radius 3 is 2.03 bits per heavy atom. The van der Waals surface area contributed by atoms with Crippen LogP contribution in [0.2, 0.25) is 0 Å². The minimum Gasteiger partial charge on any atom is -0.495 e. The molecule has 0 radical (unpaired) electrons. The molecule has 0 aromatic heterocycles. The molecule has 3 aromatic rings. The second-order valence-corrected chi connectivity index (χ2v) is 8.36. The third-order valence-electron chi connectivity index (χ3n) is 7.19. The highest BCUT2D eigenvalue weighted by Crippen LogP contribution is 2.64. The van der Waals surface area contributed by atoms with Crippen molar-refractivity contribution in [2.45, 2.75) is 11.5 Å². The lowest BCUT2D eigenvalue weighted by molar-refractivity contribution is -0.578. The number of hydrogen-bond donors (Lipinski definition) is 0. The number of nitro groups is 1. The van der Waals surface area contributed by atoms with E-state index in [4.69, 9.17) is 4.74 Å². The predicted octanol–water partition coefficient (Wildman–Crippen LogP) is 3.48. The van der Waals surface area contributed by atoms with E-state index >= 15 is 0 Å². The molecule has 0 spiro atoms. The average Bonchev–Trinajstić information content (AvgIpc) is 3.09. The molecule has 1 aliphatic heterocycles. The SMILES string of the molecule is COc1ccccc1N1C(=O)C2C3c4ccccc4C([N+](=O)[O-])(c4ccccc43)C2C1=O. The first-order valence-corrected chi connectivity index (χ1v) is 10.4. The molecule has 1 fully saturated rings. The quantitative estimate of drug-likeness (QED) is 0.363. The largest absolute Gasteiger partial charge is 0.495 e. The van der Waals surface area contributed by atoms with Gasteiger partial charge in [-0.1, -0.05) is 60.7 Å². The number of rotatable bonds is 3. The first-order valence-electron chi connectivity index (χ1n) is 10.4. The van der Waals surface area contributed by atoms with E-state index in [0.29, 0.717) is 22.6 Å². The molecule has 1 saturated heterocycles. The Labute approximate surface area is 183 Å². The van der Waals surface area contributed by atoms with E-state index in [1.165, 1.54) is 7.11 Å². The number of carbonyl (C=O) groups excluding carboxylic acids is 2. The maximum absolute atomic E-state index is 13.9. The third-order valence-corrected chi connectivity index (χ3v) is 7.19. The fraction of sp³-hybridized carbons (Fsp3) is 0.200. The molecule has 3 aliphatic carbocycles. The Morgan fingerprint density at radius 2 is 1.44 bits per heavy atom. The van der Waals surface area contributed by atoms with Gasteiger partial charge in [-0.2, -0.15) is 0 Å². The van der Waals surface area contributed by atoms with Crippen LogP contribution in [0.25, 0.3) is 0 Å². The van der Waals surface area contributed by atoms with Crippen molar-refractivity contribution in [3.05, 3.63) is 105 Å². The molecule has 4 aliphatic rings. The summed E-state index contributed by atoms with van der Waals surface area (Å²) in [5.74, 6) is -3.04. The fourth-order valence-electron chi connectivity index (χ4n) is 6.09. The highest BCUT2D eigenvalue weighted by Gasteiger charge is 2.75. The van der Waals surface area contributed by atoms with Crippen molar-refractivity contribution in [2.24, 2.45) is 11.8 Å². The monoisotopic (exact) mass is 426 g/mol. The molecular weight excluding hydrogens is 408 g/mol. The molecule has 1 heterocycles. The van der Waals surface area contributed by atoms with Crippen molar-refractivity contribution < 1.29 is 19.2 Å². The van der Waals surface area contributed by atoms with Crippen molar-refractivity contribution in [2.75, 3.05) is 12.0 Å². The summed E-state index contributed by atoms with van der Waals surface area (Å²) in [6, 6.07) is 21.0. The Bertz CT molecular complexity index is 1290. The number of methoxy groups -OCH3 is 1.